The molecule has 0 aliphatic heterocycles. The van der Waals surface area contributed by atoms with Gasteiger partial charge < -0.3 is 16.0 Å². The summed E-state index contributed by atoms with van der Waals surface area (Å²) in [6, 6.07) is 11.4. The Kier molecular flexibility index (Phi) is 5.08. The number of hydrogen-bond acceptors (Lipinski definition) is 6. The van der Waals surface area contributed by atoms with Crippen LogP contribution in [-0.2, 0) is 11.8 Å². The highest BCUT2D eigenvalue weighted by atomic mass is 19.1. The highest BCUT2D eigenvalue weighted by Gasteiger charge is 2.11. The number of amides is 1. The second kappa shape index (κ2) is 8.00. The molecule has 2 aromatic carbocycles. The number of carbonyl (C=O) groups excluding carboxylic acids is 1. The van der Waals surface area contributed by atoms with Gasteiger partial charge in [-0.1, -0.05) is 12.6 Å². The first-order valence-corrected chi connectivity index (χ1v) is 9.03. The minimum Gasteiger partial charge on any atom is -0.339 e. The van der Waals surface area contributed by atoms with E-state index in [2.05, 4.69) is 37.6 Å². The minimum absolute atomic E-state index is 0.315. The molecule has 0 saturated carbocycles. The molecule has 30 heavy (non-hydrogen) atoms. The molecule has 3 N–H and O–H groups in total. The van der Waals surface area contributed by atoms with Gasteiger partial charge in [-0.25, -0.2) is 9.37 Å². The molecule has 0 atom stereocenters. The van der Waals surface area contributed by atoms with Gasteiger partial charge in [0.05, 0.1) is 17.4 Å². The first-order valence-electron chi connectivity index (χ1n) is 9.03. The van der Waals surface area contributed by atoms with Gasteiger partial charge in [0.2, 0.25) is 11.9 Å². The Morgan fingerprint density at radius 2 is 1.93 bits per heavy atom. The van der Waals surface area contributed by atoms with Crippen molar-refractivity contribution in [2.45, 2.75) is 0 Å². The van der Waals surface area contributed by atoms with Gasteiger partial charge in [-0.05, 0) is 42.5 Å². The van der Waals surface area contributed by atoms with Crippen LogP contribution in [0.2, 0.25) is 0 Å². The standard InChI is InChI=1S/C21H18FN7O/c1-3-19(30)24-14-5-4-6-15(10-14)25-20-17-9-13(22)7-8-18(17)27-21(28-20)26-16-11-23-29(2)12-16/h3-12H,1H2,2H3,(H,24,30)(H2,25,26,27,28). The summed E-state index contributed by atoms with van der Waals surface area (Å²) in [5, 5.41) is 13.6. The molecule has 4 rings (SSSR count). The Balaban J connectivity index is 1.71. The Bertz CT molecular complexity index is 1250. The molecule has 1 amide bonds. The lowest BCUT2D eigenvalue weighted by Gasteiger charge is -2.12. The summed E-state index contributed by atoms with van der Waals surface area (Å²) in [7, 11) is 1.81. The summed E-state index contributed by atoms with van der Waals surface area (Å²) < 4.78 is 15.5. The van der Waals surface area contributed by atoms with Crippen molar-refractivity contribution in [3.05, 3.63) is 73.3 Å². The molecule has 9 heteroatoms. The Morgan fingerprint density at radius 1 is 1.10 bits per heavy atom. The van der Waals surface area contributed by atoms with E-state index >= 15 is 0 Å². The van der Waals surface area contributed by atoms with Crippen LogP contribution in [0.4, 0.5) is 33.2 Å². The van der Waals surface area contributed by atoms with Gasteiger partial charge in [0.15, 0.2) is 0 Å². The zero-order valence-corrected chi connectivity index (χ0v) is 16.1. The quantitative estimate of drug-likeness (QED) is 0.419. The molecule has 0 aliphatic rings. The average Bonchev–Trinajstić information content (AvgIpc) is 3.13. The minimum atomic E-state index is -0.394. The third-order valence-electron chi connectivity index (χ3n) is 4.20. The van der Waals surface area contributed by atoms with Crippen LogP contribution in [0.15, 0.2) is 67.5 Å². The van der Waals surface area contributed by atoms with Crippen LogP contribution in [0.3, 0.4) is 0 Å². The lowest BCUT2D eigenvalue weighted by atomic mass is 10.2. The van der Waals surface area contributed by atoms with E-state index in [1.54, 1.807) is 48.4 Å². The maximum atomic E-state index is 13.9. The molecule has 0 radical (unpaired) electrons. The van der Waals surface area contributed by atoms with Crippen LogP contribution in [0, 0.1) is 5.82 Å². The maximum absolute atomic E-state index is 13.9. The first kappa shape index (κ1) is 19.1. The van der Waals surface area contributed by atoms with Crippen LogP contribution in [-0.4, -0.2) is 25.7 Å². The monoisotopic (exact) mass is 403 g/mol. The average molecular weight is 403 g/mol. The van der Waals surface area contributed by atoms with Crippen molar-refractivity contribution in [1.29, 1.82) is 0 Å². The van der Waals surface area contributed by atoms with Crippen molar-refractivity contribution < 1.29 is 9.18 Å². The summed E-state index contributed by atoms with van der Waals surface area (Å²) in [4.78, 5) is 20.5. The third kappa shape index (κ3) is 4.25. The largest absolute Gasteiger partial charge is 0.339 e. The van der Waals surface area contributed by atoms with Crippen molar-refractivity contribution in [3.8, 4) is 0 Å². The number of halogens is 1. The van der Waals surface area contributed by atoms with Crippen molar-refractivity contribution in [2.75, 3.05) is 16.0 Å². The van der Waals surface area contributed by atoms with Crippen LogP contribution in [0.1, 0.15) is 0 Å². The molecule has 4 aromatic rings. The summed E-state index contributed by atoms with van der Waals surface area (Å²) >= 11 is 0. The molecule has 0 bridgehead atoms. The van der Waals surface area contributed by atoms with Gasteiger partial charge in [-0.15, -0.1) is 0 Å². The molecule has 0 unspecified atom stereocenters. The number of nitrogens with one attached hydrogen (secondary N) is 3. The highest BCUT2D eigenvalue weighted by molar-refractivity contribution is 5.99. The Hall–Kier alpha value is -4.27. The van der Waals surface area contributed by atoms with E-state index in [1.165, 1.54) is 18.2 Å². The number of rotatable bonds is 6. The van der Waals surface area contributed by atoms with Crippen LogP contribution in [0.25, 0.3) is 10.9 Å². The molecule has 2 aromatic heterocycles. The van der Waals surface area contributed by atoms with Crippen molar-refractivity contribution in [3.63, 3.8) is 0 Å². The number of fused-ring (bicyclic) bond motifs is 1. The Morgan fingerprint density at radius 3 is 2.70 bits per heavy atom. The smallest absolute Gasteiger partial charge is 0.247 e. The molecule has 150 valence electrons. The summed E-state index contributed by atoms with van der Waals surface area (Å²) in [5.74, 6) is 0.0394. The lowest BCUT2D eigenvalue weighted by Crippen LogP contribution is -2.07. The SMILES string of the molecule is C=CC(=O)Nc1cccc(Nc2nc(Nc3cnn(C)c3)nc3ccc(F)cc23)c1. The van der Waals surface area contributed by atoms with Crippen molar-refractivity contribution in [2.24, 2.45) is 7.05 Å². The third-order valence-corrected chi connectivity index (χ3v) is 4.20. The number of hydrogen-bond donors (Lipinski definition) is 3. The van der Waals surface area contributed by atoms with Crippen LogP contribution in [0.5, 0.6) is 0 Å². The van der Waals surface area contributed by atoms with E-state index in [9.17, 15) is 9.18 Å². The van der Waals surface area contributed by atoms with Gasteiger partial charge in [-0.3, -0.25) is 9.48 Å². The Labute approximate surface area is 171 Å². The molecular weight excluding hydrogens is 385 g/mol. The summed E-state index contributed by atoms with van der Waals surface area (Å²) in [6.45, 7) is 3.44. The number of anilines is 5. The molecule has 2 heterocycles. The molecule has 0 spiro atoms. The second-order valence-corrected chi connectivity index (χ2v) is 6.48. The van der Waals surface area contributed by atoms with Gasteiger partial charge in [0, 0.05) is 30.0 Å². The fourth-order valence-electron chi connectivity index (χ4n) is 2.87. The van der Waals surface area contributed by atoms with Crippen molar-refractivity contribution in [1.82, 2.24) is 19.7 Å². The number of aryl methyl sites for hydroxylation is 1. The topological polar surface area (TPSA) is 96.8 Å². The number of benzene rings is 2. The fourth-order valence-corrected chi connectivity index (χ4v) is 2.87. The fraction of sp³-hybridized carbons (Fsp3) is 0.0476. The summed E-state index contributed by atoms with van der Waals surface area (Å²) in [5.41, 5.74) is 2.53. The number of aromatic nitrogens is 4. The van der Waals surface area contributed by atoms with E-state index in [0.717, 1.165) is 5.69 Å². The summed E-state index contributed by atoms with van der Waals surface area (Å²) in [6.07, 6.45) is 4.63. The zero-order valence-electron chi connectivity index (χ0n) is 16.1. The normalized spacial score (nSPS) is 10.6. The maximum Gasteiger partial charge on any atom is 0.247 e. The predicted molar refractivity (Wildman–Crippen MR) is 115 cm³/mol. The van der Waals surface area contributed by atoms with E-state index in [0.29, 0.717) is 34.0 Å². The first-order chi connectivity index (χ1) is 14.5. The van der Waals surface area contributed by atoms with E-state index in [-0.39, 0.29) is 5.91 Å². The molecule has 0 aliphatic carbocycles. The van der Waals surface area contributed by atoms with Gasteiger partial charge in [-0.2, -0.15) is 10.1 Å². The number of nitrogens with zero attached hydrogens (tertiary/aromatic N) is 4. The predicted octanol–water partition coefficient (Wildman–Crippen LogP) is 4.11. The molecular formula is C21H18FN7O. The van der Waals surface area contributed by atoms with Gasteiger partial charge in [0.1, 0.15) is 11.6 Å². The van der Waals surface area contributed by atoms with E-state index < -0.39 is 5.82 Å². The van der Waals surface area contributed by atoms with Gasteiger partial charge in [0.25, 0.3) is 0 Å². The second-order valence-electron chi connectivity index (χ2n) is 6.48. The van der Waals surface area contributed by atoms with Crippen LogP contribution < -0.4 is 16.0 Å². The lowest BCUT2D eigenvalue weighted by molar-refractivity contribution is -0.111. The van der Waals surface area contributed by atoms with Gasteiger partial charge >= 0.3 is 0 Å². The molecule has 0 fully saturated rings. The zero-order chi connectivity index (χ0) is 21.1. The van der Waals surface area contributed by atoms with E-state index in [1.807, 2.05) is 6.07 Å². The van der Waals surface area contributed by atoms with Crippen LogP contribution >= 0.6 is 0 Å². The van der Waals surface area contributed by atoms with E-state index in [4.69, 9.17) is 0 Å². The highest BCUT2D eigenvalue weighted by Crippen LogP contribution is 2.28. The number of carbonyl (C=O) groups is 1. The molecule has 0 saturated heterocycles. The van der Waals surface area contributed by atoms with Crippen molar-refractivity contribution >= 4 is 45.6 Å². The molecule has 8 nitrogen and oxygen atoms in total.